The summed E-state index contributed by atoms with van der Waals surface area (Å²) in [7, 11) is 0. The molecule has 1 aromatic carbocycles. The fourth-order valence-electron chi connectivity index (χ4n) is 2.29. The molecule has 0 radical (unpaired) electrons. The fourth-order valence-corrected chi connectivity index (χ4v) is 2.29. The summed E-state index contributed by atoms with van der Waals surface area (Å²) in [5, 5.41) is 0. The molecule has 2 heteroatoms. The smallest absolute Gasteiger partial charge is 0.193 e. The van der Waals surface area contributed by atoms with E-state index in [2.05, 4.69) is 18.0 Å². The van der Waals surface area contributed by atoms with Crippen molar-refractivity contribution < 1.29 is 4.79 Å². The number of aryl methyl sites for hydroxylation is 3. The minimum absolute atomic E-state index is 0.0755. The van der Waals surface area contributed by atoms with Gasteiger partial charge in [0.1, 0.15) is 0 Å². The number of benzene rings is 1. The van der Waals surface area contributed by atoms with Gasteiger partial charge in [-0.3, -0.25) is 9.78 Å². The van der Waals surface area contributed by atoms with Crippen molar-refractivity contribution in [3.05, 3.63) is 64.5 Å². The van der Waals surface area contributed by atoms with Crippen LogP contribution in [-0.2, 0) is 6.42 Å². The number of carbonyl (C=O) groups excluding carboxylic acids is 1. The number of rotatable bonds is 4. The molecule has 19 heavy (non-hydrogen) atoms. The number of aromatic nitrogens is 1. The van der Waals surface area contributed by atoms with Gasteiger partial charge in [-0.15, -0.1) is 0 Å². The maximum Gasteiger partial charge on any atom is 0.193 e. The molecule has 0 saturated heterocycles. The van der Waals surface area contributed by atoms with Gasteiger partial charge in [0.05, 0.1) is 0 Å². The third-order valence-electron chi connectivity index (χ3n) is 3.07. The second kappa shape index (κ2) is 5.79. The Hall–Kier alpha value is -1.96. The van der Waals surface area contributed by atoms with Gasteiger partial charge in [0.2, 0.25) is 0 Å². The molecule has 2 rings (SSSR count). The van der Waals surface area contributed by atoms with Crippen molar-refractivity contribution in [2.45, 2.75) is 33.6 Å². The number of hydrogen-bond donors (Lipinski definition) is 0. The minimum atomic E-state index is 0.0755. The molecule has 0 amide bonds. The Balaban J connectivity index is 2.35. The second-order valence-corrected chi connectivity index (χ2v) is 4.92. The standard InChI is InChI=1S/C17H19NO/c1-4-6-14-7-5-8-15(11-14)17(19)16-9-12(2)18-13(3)10-16/h5,7-11H,4,6H2,1-3H3. The molecule has 2 nitrogen and oxygen atoms in total. The summed E-state index contributed by atoms with van der Waals surface area (Å²) in [6.07, 6.45) is 2.10. The van der Waals surface area contributed by atoms with E-state index in [4.69, 9.17) is 0 Å². The van der Waals surface area contributed by atoms with E-state index in [0.29, 0.717) is 0 Å². The first kappa shape index (κ1) is 13.5. The third-order valence-corrected chi connectivity index (χ3v) is 3.07. The topological polar surface area (TPSA) is 30.0 Å². The van der Waals surface area contributed by atoms with Crippen LogP contribution in [0.25, 0.3) is 0 Å². The van der Waals surface area contributed by atoms with Crippen molar-refractivity contribution in [3.8, 4) is 0 Å². The summed E-state index contributed by atoms with van der Waals surface area (Å²) in [4.78, 5) is 16.8. The molecule has 0 atom stereocenters. The van der Waals surface area contributed by atoms with Crippen LogP contribution in [0.2, 0.25) is 0 Å². The lowest BCUT2D eigenvalue weighted by Crippen LogP contribution is -2.04. The number of carbonyl (C=O) groups is 1. The summed E-state index contributed by atoms with van der Waals surface area (Å²) >= 11 is 0. The Labute approximate surface area is 114 Å². The Bertz CT molecular complexity index is 582. The van der Waals surface area contributed by atoms with Crippen LogP contribution in [0.3, 0.4) is 0 Å². The zero-order chi connectivity index (χ0) is 13.8. The lowest BCUT2D eigenvalue weighted by atomic mass is 9.99. The van der Waals surface area contributed by atoms with E-state index in [-0.39, 0.29) is 5.78 Å². The van der Waals surface area contributed by atoms with Gasteiger partial charge in [0, 0.05) is 22.5 Å². The quantitative estimate of drug-likeness (QED) is 0.774. The molecule has 0 bridgehead atoms. The van der Waals surface area contributed by atoms with Crippen LogP contribution in [-0.4, -0.2) is 10.8 Å². The molecule has 0 saturated carbocycles. The molecule has 0 N–H and O–H groups in total. The number of nitrogens with zero attached hydrogens (tertiary/aromatic N) is 1. The van der Waals surface area contributed by atoms with Gasteiger partial charge in [-0.05, 0) is 44.0 Å². The fraction of sp³-hybridized carbons (Fsp3) is 0.294. The normalized spacial score (nSPS) is 10.5. The van der Waals surface area contributed by atoms with Crippen molar-refractivity contribution in [3.63, 3.8) is 0 Å². The van der Waals surface area contributed by atoms with E-state index < -0.39 is 0 Å². The van der Waals surface area contributed by atoms with Crippen molar-refractivity contribution >= 4 is 5.78 Å². The molecule has 0 aliphatic carbocycles. The van der Waals surface area contributed by atoms with E-state index in [1.54, 1.807) is 0 Å². The number of hydrogen-bond acceptors (Lipinski definition) is 2. The zero-order valence-electron chi connectivity index (χ0n) is 11.7. The monoisotopic (exact) mass is 253 g/mol. The first-order valence-electron chi connectivity index (χ1n) is 6.69. The van der Waals surface area contributed by atoms with Crippen LogP contribution in [0.4, 0.5) is 0 Å². The Kier molecular flexibility index (Phi) is 4.10. The Morgan fingerprint density at radius 2 is 1.74 bits per heavy atom. The maximum atomic E-state index is 12.5. The average Bonchev–Trinajstić information content (AvgIpc) is 2.37. The van der Waals surface area contributed by atoms with Crippen molar-refractivity contribution in [1.82, 2.24) is 4.98 Å². The summed E-state index contributed by atoms with van der Waals surface area (Å²) in [5.41, 5.74) is 4.46. The molecular formula is C17H19NO. The van der Waals surface area contributed by atoms with Crippen LogP contribution >= 0.6 is 0 Å². The number of pyridine rings is 1. The lowest BCUT2D eigenvalue weighted by molar-refractivity contribution is 0.103. The third kappa shape index (κ3) is 3.28. The zero-order valence-corrected chi connectivity index (χ0v) is 11.7. The highest BCUT2D eigenvalue weighted by Crippen LogP contribution is 2.14. The van der Waals surface area contributed by atoms with Crippen molar-refractivity contribution in [2.75, 3.05) is 0 Å². The van der Waals surface area contributed by atoms with Gasteiger partial charge in [-0.1, -0.05) is 31.5 Å². The Morgan fingerprint density at radius 1 is 1.05 bits per heavy atom. The first-order chi connectivity index (χ1) is 9.10. The highest BCUT2D eigenvalue weighted by atomic mass is 16.1. The van der Waals surface area contributed by atoms with E-state index in [1.807, 2.05) is 44.2 Å². The average molecular weight is 253 g/mol. The van der Waals surface area contributed by atoms with Gasteiger partial charge in [-0.2, -0.15) is 0 Å². The largest absolute Gasteiger partial charge is 0.289 e. The van der Waals surface area contributed by atoms with Crippen LogP contribution in [0.1, 0.15) is 46.2 Å². The van der Waals surface area contributed by atoms with Crippen LogP contribution in [0.15, 0.2) is 36.4 Å². The molecule has 2 aromatic rings. The summed E-state index contributed by atoms with van der Waals surface area (Å²) in [6.45, 7) is 5.97. The lowest BCUT2D eigenvalue weighted by Gasteiger charge is -2.06. The second-order valence-electron chi connectivity index (χ2n) is 4.92. The first-order valence-corrected chi connectivity index (χ1v) is 6.69. The van der Waals surface area contributed by atoms with Gasteiger partial charge in [-0.25, -0.2) is 0 Å². The molecule has 0 aliphatic rings. The SMILES string of the molecule is CCCc1cccc(C(=O)c2cc(C)nc(C)c2)c1. The van der Waals surface area contributed by atoms with E-state index >= 15 is 0 Å². The van der Waals surface area contributed by atoms with Gasteiger partial charge >= 0.3 is 0 Å². The summed E-state index contributed by atoms with van der Waals surface area (Å²) in [5.74, 6) is 0.0755. The molecule has 0 fully saturated rings. The van der Waals surface area contributed by atoms with E-state index in [0.717, 1.165) is 35.4 Å². The molecule has 0 aliphatic heterocycles. The van der Waals surface area contributed by atoms with Gasteiger partial charge in [0.15, 0.2) is 5.78 Å². The van der Waals surface area contributed by atoms with Crippen LogP contribution in [0, 0.1) is 13.8 Å². The predicted molar refractivity (Wildman–Crippen MR) is 77.6 cm³/mol. The highest BCUT2D eigenvalue weighted by Gasteiger charge is 2.10. The van der Waals surface area contributed by atoms with Crippen molar-refractivity contribution in [2.24, 2.45) is 0 Å². The molecule has 1 heterocycles. The molecule has 0 unspecified atom stereocenters. The molecule has 98 valence electrons. The molecule has 0 spiro atoms. The predicted octanol–water partition coefficient (Wildman–Crippen LogP) is 3.88. The molecule has 1 aromatic heterocycles. The number of ketones is 1. The summed E-state index contributed by atoms with van der Waals surface area (Å²) in [6, 6.07) is 11.6. The van der Waals surface area contributed by atoms with Gasteiger partial charge in [0.25, 0.3) is 0 Å². The van der Waals surface area contributed by atoms with E-state index in [9.17, 15) is 4.79 Å². The van der Waals surface area contributed by atoms with Gasteiger partial charge < -0.3 is 0 Å². The summed E-state index contributed by atoms with van der Waals surface area (Å²) < 4.78 is 0. The van der Waals surface area contributed by atoms with Crippen molar-refractivity contribution in [1.29, 1.82) is 0 Å². The minimum Gasteiger partial charge on any atom is -0.289 e. The van der Waals surface area contributed by atoms with E-state index in [1.165, 1.54) is 5.56 Å². The maximum absolute atomic E-state index is 12.5. The highest BCUT2D eigenvalue weighted by molar-refractivity contribution is 6.09. The molecular weight excluding hydrogens is 234 g/mol. The van der Waals surface area contributed by atoms with Crippen LogP contribution in [0.5, 0.6) is 0 Å². The van der Waals surface area contributed by atoms with Crippen LogP contribution < -0.4 is 0 Å². The Morgan fingerprint density at radius 3 is 2.37 bits per heavy atom.